The second-order valence-electron chi connectivity index (χ2n) is 4.54. The number of benzene rings is 1. The number of Topliss-reactive ketones (excluding diaryl/α,β-unsaturated/α-hetero) is 1. The van der Waals surface area contributed by atoms with E-state index in [1.165, 1.54) is 7.11 Å². The fourth-order valence-electron chi connectivity index (χ4n) is 2.34. The van der Waals surface area contributed by atoms with Gasteiger partial charge in [0.15, 0.2) is 5.78 Å². The quantitative estimate of drug-likeness (QED) is 0.778. The molecule has 104 valence electrons. The van der Waals surface area contributed by atoms with Gasteiger partial charge >= 0.3 is 0 Å². The normalized spacial score (nSPS) is 16.6. The Morgan fingerprint density at radius 1 is 1.21 bits per heavy atom. The van der Waals surface area contributed by atoms with E-state index in [0.29, 0.717) is 21.5 Å². The van der Waals surface area contributed by atoms with Crippen LogP contribution in [-0.4, -0.2) is 32.7 Å². The molecule has 0 radical (unpaired) electrons. The van der Waals surface area contributed by atoms with Crippen molar-refractivity contribution in [1.82, 2.24) is 0 Å². The Balaban J connectivity index is 2.45. The Kier molecular flexibility index (Phi) is 4.16. The highest BCUT2D eigenvalue weighted by atomic mass is 79.9. The summed E-state index contributed by atoms with van der Waals surface area (Å²) in [5.74, 6) is 1.10. The predicted octanol–water partition coefficient (Wildman–Crippen LogP) is 3.22. The average molecular weight is 329 g/mol. The van der Waals surface area contributed by atoms with Crippen molar-refractivity contribution in [2.24, 2.45) is 0 Å². The number of carbonyl (C=O) groups is 1. The minimum Gasteiger partial charge on any atom is -0.495 e. The molecule has 1 aliphatic rings. The van der Waals surface area contributed by atoms with Gasteiger partial charge in [-0.2, -0.15) is 0 Å². The van der Waals surface area contributed by atoms with Gasteiger partial charge in [-0.15, -0.1) is 0 Å². The molecule has 0 atom stereocenters. The average Bonchev–Trinajstić information content (AvgIpc) is 2.37. The lowest BCUT2D eigenvalue weighted by molar-refractivity contribution is -0.0449. The molecule has 4 nitrogen and oxygen atoms in total. The summed E-state index contributed by atoms with van der Waals surface area (Å²) in [4.78, 5) is 12.6. The highest BCUT2D eigenvalue weighted by Crippen LogP contribution is 2.43. The molecule has 1 fully saturated rings. The topological polar surface area (TPSA) is 44.8 Å². The first-order valence-corrected chi connectivity index (χ1v) is 6.89. The van der Waals surface area contributed by atoms with Crippen LogP contribution in [0.2, 0.25) is 0 Å². The van der Waals surface area contributed by atoms with Crippen molar-refractivity contribution in [2.45, 2.75) is 24.9 Å². The Morgan fingerprint density at radius 3 is 2.32 bits per heavy atom. The maximum atomic E-state index is 12.6. The maximum Gasteiger partial charge on any atom is 0.198 e. The highest BCUT2D eigenvalue weighted by molar-refractivity contribution is 9.10. The van der Waals surface area contributed by atoms with Gasteiger partial charge in [0.25, 0.3) is 0 Å². The van der Waals surface area contributed by atoms with E-state index in [-0.39, 0.29) is 5.78 Å². The van der Waals surface area contributed by atoms with E-state index in [4.69, 9.17) is 14.2 Å². The molecule has 0 bridgehead atoms. The number of methoxy groups -OCH3 is 3. The van der Waals surface area contributed by atoms with Crippen molar-refractivity contribution in [2.75, 3.05) is 21.3 Å². The monoisotopic (exact) mass is 328 g/mol. The number of carbonyl (C=O) groups excluding carboxylic acids is 1. The fourth-order valence-corrected chi connectivity index (χ4v) is 3.01. The van der Waals surface area contributed by atoms with Gasteiger partial charge in [-0.05, 0) is 47.3 Å². The molecule has 0 heterocycles. The first-order chi connectivity index (χ1) is 9.09. The fraction of sp³-hybridized carbons (Fsp3) is 0.500. The summed E-state index contributed by atoms with van der Waals surface area (Å²) >= 11 is 3.41. The highest BCUT2D eigenvalue weighted by Gasteiger charge is 2.45. The van der Waals surface area contributed by atoms with Crippen LogP contribution in [-0.2, 0) is 4.74 Å². The second-order valence-corrected chi connectivity index (χ2v) is 5.34. The first kappa shape index (κ1) is 14.3. The van der Waals surface area contributed by atoms with Gasteiger partial charge in [-0.1, -0.05) is 0 Å². The molecule has 1 saturated carbocycles. The molecule has 5 heteroatoms. The van der Waals surface area contributed by atoms with E-state index < -0.39 is 5.60 Å². The van der Waals surface area contributed by atoms with Crippen LogP contribution in [0.25, 0.3) is 0 Å². The van der Waals surface area contributed by atoms with E-state index in [1.807, 2.05) is 0 Å². The molecular formula is C14H17BrO4. The van der Waals surface area contributed by atoms with Crippen LogP contribution in [0.1, 0.15) is 29.6 Å². The van der Waals surface area contributed by atoms with E-state index in [1.54, 1.807) is 26.4 Å². The number of rotatable bonds is 5. The van der Waals surface area contributed by atoms with Crippen molar-refractivity contribution in [3.05, 3.63) is 22.2 Å². The van der Waals surface area contributed by atoms with Crippen LogP contribution < -0.4 is 9.47 Å². The summed E-state index contributed by atoms with van der Waals surface area (Å²) in [5.41, 5.74) is -0.155. The third-order valence-electron chi connectivity index (χ3n) is 3.70. The molecular weight excluding hydrogens is 312 g/mol. The van der Waals surface area contributed by atoms with Gasteiger partial charge in [-0.25, -0.2) is 0 Å². The molecule has 1 aromatic rings. The maximum absolute atomic E-state index is 12.6. The Bertz CT molecular complexity index is 489. The molecule has 19 heavy (non-hydrogen) atoms. The lowest BCUT2D eigenvalue weighted by Crippen LogP contribution is -2.47. The Hall–Kier alpha value is -1.07. The van der Waals surface area contributed by atoms with Gasteiger partial charge in [-0.3, -0.25) is 4.79 Å². The summed E-state index contributed by atoms with van der Waals surface area (Å²) in [6.45, 7) is 0. The molecule has 0 unspecified atom stereocenters. The number of hydrogen-bond donors (Lipinski definition) is 0. The molecule has 0 aromatic heterocycles. The molecule has 0 amide bonds. The minimum absolute atomic E-state index is 0.0264. The van der Waals surface area contributed by atoms with Crippen LogP contribution >= 0.6 is 15.9 Å². The van der Waals surface area contributed by atoms with Crippen LogP contribution in [0, 0.1) is 0 Å². The third kappa shape index (κ3) is 2.25. The summed E-state index contributed by atoms with van der Waals surface area (Å²) in [6.07, 6.45) is 2.53. The zero-order valence-electron chi connectivity index (χ0n) is 11.3. The Morgan fingerprint density at radius 2 is 1.89 bits per heavy atom. The minimum atomic E-state index is -0.679. The molecule has 0 N–H and O–H groups in total. The zero-order valence-corrected chi connectivity index (χ0v) is 12.9. The second kappa shape index (κ2) is 5.51. The summed E-state index contributed by atoms with van der Waals surface area (Å²) in [5, 5.41) is 0. The predicted molar refractivity (Wildman–Crippen MR) is 75.2 cm³/mol. The van der Waals surface area contributed by atoms with E-state index in [0.717, 1.165) is 19.3 Å². The van der Waals surface area contributed by atoms with Crippen molar-refractivity contribution in [3.8, 4) is 11.5 Å². The van der Waals surface area contributed by atoms with Crippen molar-refractivity contribution in [3.63, 3.8) is 0 Å². The van der Waals surface area contributed by atoms with Crippen LogP contribution in [0.4, 0.5) is 0 Å². The van der Waals surface area contributed by atoms with Gasteiger partial charge in [0.2, 0.25) is 0 Å². The van der Waals surface area contributed by atoms with Crippen molar-refractivity contribution < 1.29 is 19.0 Å². The van der Waals surface area contributed by atoms with Crippen molar-refractivity contribution >= 4 is 21.7 Å². The van der Waals surface area contributed by atoms with E-state index in [2.05, 4.69) is 15.9 Å². The van der Waals surface area contributed by atoms with Crippen molar-refractivity contribution in [1.29, 1.82) is 0 Å². The standard InChI is InChI=1S/C14H17BrO4/c1-17-10-6-5-9(12(18-2)11(10)15)13(16)14(19-3)7-4-8-14/h5-6H,4,7-8H2,1-3H3. The van der Waals surface area contributed by atoms with Gasteiger partial charge < -0.3 is 14.2 Å². The number of ketones is 1. The third-order valence-corrected chi connectivity index (χ3v) is 4.45. The molecule has 0 spiro atoms. The number of ether oxygens (including phenoxy) is 3. The lowest BCUT2D eigenvalue weighted by atomic mass is 9.74. The smallest absolute Gasteiger partial charge is 0.198 e. The molecule has 0 saturated heterocycles. The van der Waals surface area contributed by atoms with Gasteiger partial charge in [0, 0.05) is 7.11 Å². The zero-order chi connectivity index (χ0) is 14.0. The largest absolute Gasteiger partial charge is 0.495 e. The summed E-state index contributed by atoms with van der Waals surface area (Å²) in [7, 11) is 4.70. The number of halogens is 1. The molecule has 0 aliphatic heterocycles. The Labute approximate surface area is 121 Å². The molecule has 1 aromatic carbocycles. The van der Waals surface area contributed by atoms with Crippen LogP contribution in [0.3, 0.4) is 0 Å². The molecule has 1 aliphatic carbocycles. The van der Waals surface area contributed by atoms with E-state index in [9.17, 15) is 4.79 Å². The number of hydrogen-bond acceptors (Lipinski definition) is 4. The van der Waals surface area contributed by atoms with Gasteiger partial charge in [0.05, 0.1) is 19.8 Å². The van der Waals surface area contributed by atoms with Gasteiger partial charge in [0.1, 0.15) is 21.6 Å². The van der Waals surface area contributed by atoms with Crippen LogP contribution in [0.5, 0.6) is 11.5 Å². The SMILES string of the molecule is COc1ccc(C(=O)C2(OC)CCC2)c(OC)c1Br. The first-order valence-electron chi connectivity index (χ1n) is 6.10. The van der Waals surface area contributed by atoms with E-state index >= 15 is 0 Å². The summed E-state index contributed by atoms with van der Waals surface area (Å²) in [6, 6.07) is 3.48. The van der Waals surface area contributed by atoms with Crippen LogP contribution in [0.15, 0.2) is 16.6 Å². The molecule has 2 rings (SSSR count). The summed E-state index contributed by atoms with van der Waals surface area (Å²) < 4.78 is 16.6. The lowest BCUT2D eigenvalue weighted by Gasteiger charge is -2.39.